The average Bonchev–Trinajstić information content (AvgIpc) is 2.76. The summed E-state index contributed by atoms with van der Waals surface area (Å²) >= 11 is 0. The second kappa shape index (κ2) is 5.25. The highest BCUT2D eigenvalue weighted by Gasteiger charge is 2.31. The fourth-order valence-corrected chi connectivity index (χ4v) is 2.09. The van der Waals surface area contributed by atoms with Gasteiger partial charge in [0.2, 0.25) is 0 Å². The molecule has 0 unspecified atom stereocenters. The number of ether oxygens (including phenoxy) is 1. The van der Waals surface area contributed by atoms with Gasteiger partial charge in [0.15, 0.2) is 11.5 Å². The van der Waals surface area contributed by atoms with Gasteiger partial charge in [0.05, 0.1) is 0 Å². The van der Waals surface area contributed by atoms with Crippen molar-refractivity contribution in [2.24, 2.45) is 0 Å². The molecule has 21 heavy (non-hydrogen) atoms. The number of halogens is 1. The first-order chi connectivity index (χ1) is 10.1. The Labute approximate surface area is 120 Å². The summed E-state index contributed by atoms with van der Waals surface area (Å²) in [5, 5.41) is 10.2. The average molecular weight is 282 g/mol. The van der Waals surface area contributed by atoms with Crippen LogP contribution in [0, 0.1) is 5.82 Å². The molecule has 0 atom stereocenters. The van der Waals surface area contributed by atoms with Crippen molar-refractivity contribution in [3.8, 4) is 0 Å². The zero-order chi connectivity index (χ0) is 14.8. The van der Waals surface area contributed by atoms with Crippen molar-refractivity contribution in [2.45, 2.75) is 0 Å². The molecular formula is C17H11FO3. The van der Waals surface area contributed by atoms with Crippen LogP contribution >= 0.6 is 0 Å². The van der Waals surface area contributed by atoms with Crippen molar-refractivity contribution in [1.82, 2.24) is 0 Å². The SMILES string of the molecule is O=C1O/C(=C\c2ccccc2)C(O)=C1c1ccc(F)cc1. The molecule has 0 spiro atoms. The minimum atomic E-state index is -0.652. The Morgan fingerprint density at radius 1 is 1.00 bits per heavy atom. The van der Waals surface area contributed by atoms with Gasteiger partial charge in [-0.05, 0) is 29.3 Å². The molecule has 0 radical (unpaired) electrons. The molecule has 1 heterocycles. The molecule has 1 aliphatic rings. The number of aliphatic hydroxyl groups excluding tert-OH is 1. The minimum Gasteiger partial charge on any atom is -0.504 e. The highest BCUT2D eigenvalue weighted by molar-refractivity contribution is 6.20. The Bertz CT molecular complexity index is 743. The molecule has 0 aromatic heterocycles. The van der Waals surface area contributed by atoms with Crippen LogP contribution in [-0.2, 0) is 9.53 Å². The second-order valence-electron chi connectivity index (χ2n) is 4.54. The van der Waals surface area contributed by atoms with Crippen molar-refractivity contribution in [3.05, 3.63) is 83.1 Å². The van der Waals surface area contributed by atoms with Gasteiger partial charge in [-0.3, -0.25) is 0 Å². The van der Waals surface area contributed by atoms with Gasteiger partial charge in [-0.15, -0.1) is 0 Å². The summed E-state index contributed by atoms with van der Waals surface area (Å²) in [5.74, 6) is -1.22. The van der Waals surface area contributed by atoms with E-state index in [9.17, 15) is 14.3 Å². The molecule has 4 heteroatoms. The van der Waals surface area contributed by atoms with E-state index in [0.29, 0.717) is 5.56 Å². The molecular weight excluding hydrogens is 271 g/mol. The monoisotopic (exact) mass is 282 g/mol. The molecule has 0 aliphatic carbocycles. The smallest absolute Gasteiger partial charge is 0.348 e. The Balaban J connectivity index is 2.02. The first kappa shape index (κ1) is 13.1. The lowest BCUT2D eigenvalue weighted by atomic mass is 10.1. The number of hydrogen-bond acceptors (Lipinski definition) is 3. The van der Waals surface area contributed by atoms with Gasteiger partial charge in [0.1, 0.15) is 11.4 Å². The van der Waals surface area contributed by atoms with Gasteiger partial charge in [0, 0.05) is 0 Å². The van der Waals surface area contributed by atoms with E-state index in [4.69, 9.17) is 4.74 Å². The molecule has 3 rings (SSSR count). The zero-order valence-corrected chi connectivity index (χ0v) is 10.9. The Morgan fingerprint density at radius 3 is 2.33 bits per heavy atom. The van der Waals surface area contributed by atoms with Crippen LogP contribution in [0.15, 0.2) is 66.1 Å². The van der Waals surface area contributed by atoms with E-state index in [0.717, 1.165) is 5.56 Å². The van der Waals surface area contributed by atoms with Crippen molar-refractivity contribution >= 4 is 17.6 Å². The maximum atomic E-state index is 12.9. The number of rotatable bonds is 2. The van der Waals surface area contributed by atoms with Crippen LogP contribution in [-0.4, -0.2) is 11.1 Å². The zero-order valence-electron chi connectivity index (χ0n) is 10.9. The van der Waals surface area contributed by atoms with Crippen LogP contribution < -0.4 is 0 Å². The molecule has 0 saturated carbocycles. The third kappa shape index (κ3) is 2.56. The molecule has 0 saturated heterocycles. The molecule has 3 nitrogen and oxygen atoms in total. The number of aliphatic hydroxyl groups is 1. The van der Waals surface area contributed by atoms with Crippen molar-refractivity contribution in [3.63, 3.8) is 0 Å². The lowest BCUT2D eigenvalue weighted by molar-refractivity contribution is -0.131. The second-order valence-corrected chi connectivity index (χ2v) is 4.54. The largest absolute Gasteiger partial charge is 0.504 e. The molecule has 0 bridgehead atoms. The predicted octanol–water partition coefficient (Wildman–Crippen LogP) is 3.69. The third-order valence-electron chi connectivity index (χ3n) is 3.11. The van der Waals surface area contributed by atoms with Crippen LogP contribution in [0.3, 0.4) is 0 Å². The molecule has 2 aromatic carbocycles. The van der Waals surface area contributed by atoms with Crippen LogP contribution in [0.5, 0.6) is 0 Å². The van der Waals surface area contributed by atoms with Gasteiger partial charge in [-0.2, -0.15) is 0 Å². The summed E-state index contributed by atoms with van der Waals surface area (Å²) in [6, 6.07) is 14.5. The van der Waals surface area contributed by atoms with Crippen LogP contribution in [0.1, 0.15) is 11.1 Å². The number of cyclic esters (lactones) is 1. The number of benzene rings is 2. The summed E-state index contributed by atoms with van der Waals surface area (Å²) in [7, 11) is 0. The van der Waals surface area contributed by atoms with E-state index in [2.05, 4.69) is 0 Å². The summed E-state index contributed by atoms with van der Waals surface area (Å²) in [6.07, 6.45) is 1.57. The maximum absolute atomic E-state index is 12.9. The number of carbonyl (C=O) groups is 1. The Hall–Kier alpha value is -2.88. The highest BCUT2D eigenvalue weighted by atomic mass is 19.1. The first-order valence-electron chi connectivity index (χ1n) is 6.33. The van der Waals surface area contributed by atoms with Gasteiger partial charge in [0.25, 0.3) is 0 Å². The summed E-state index contributed by atoms with van der Waals surface area (Å²) in [5.41, 5.74) is 1.25. The highest BCUT2D eigenvalue weighted by Crippen LogP contribution is 2.32. The fourth-order valence-electron chi connectivity index (χ4n) is 2.09. The topological polar surface area (TPSA) is 46.5 Å². The van der Waals surface area contributed by atoms with Crippen LogP contribution in [0.4, 0.5) is 4.39 Å². The molecule has 0 fully saturated rings. The van der Waals surface area contributed by atoms with Crippen LogP contribution in [0.25, 0.3) is 11.6 Å². The van der Waals surface area contributed by atoms with Crippen LogP contribution in [0.2, 0.25) is 0 Å². The van der Waals surface area contributed by atoms with E-state index < -0.39 is 11.8 Å². The van der Waals surface area contributed by atoms with Gasteiger partial charge >= 0.3 is 5.97 Å². The normalized spacial score (nSPS) is 16.4. The lowest BCUT2D eigenvalue weighted by Gasteiger charge is -1.98. The molecule has 104 valence electrons. The van der Waals surface area contributed by atoms with Crippen molar-refractivity contribution in [1.29, 1.82) is 0 Å². The van der Waals surface area contributed by atoms with E-state index >= 15 is 0 Å². The predicted molar refractivity (Wildman–Crippen MR) is 76.5 cm³/mol. The van der Waals surface area contributed by atoms with Gasteiger partial charge in [-0.25, -0.2) is 9.18 Å². The Morgan fingerprint density at radius 2 is 1.67 bits per heavy atom. The summed E-state index contributed by atoms with van der Waals surface area (Å²) in [4.78, 5) is 11.9. The fraction of sp³-hybridized carbons (Fsp3) is 0. The Kier molecular flexibility index (Phi) is 3.28. The molecule has 0 amide bonds. The number of carbonyl (C=O) groups excluding carboxylic acids is 1. The van der Waals surface area contributed by atoms with E-state index in [1.54, 1.807) is 6.08 Å². The quantitative estimate of drug-likeness (QED) is 0.854. The molecule has 1 aliphatic heterocycles. The van der Waals surface area contributed by atoms with Gasteiger partial charge < -0.3 is 9.84 Å². The molecule has 1 N–H and O–H groups in total. The van der Waals surface area contributed by atoms with Gasteiger partial charge in [-0.1, -0.05) is 42.5 Å². The standard InChI is InChI=1S/C17H11FO3/c18-13-8-6-12(7-9-13)15-16(19)14(21-17(15)20)10-11-4-2-1-3-5-11/h1-10,19H/b14-10-. The summed E-state index contributed by atoms with van der Waals surface area (Å²) < 4.78 is 18.0. The van der Waals surface area contributed by atoms with Crippen molar-refractivity contribution < 1.29 is 19.0 Å². The van der Waals surface area contributed by atoms with E-state index in [-0.39, 0.29) is 17.1 Å². The third-order valence-corrected chi connectivity index (χ3v) is 3.11. The van der Waals surface area contributed by atoms with Crippen molar-refractivity contribution in [2.75, 3.05) is 0 Å². The maximum Gasteiger partial charge on any atom is 0.348 e. The first-order valence-corrected chi connectivity index (χ1v) is 6.33. The lowest BCUT2D eigenvalue weighted by Crippen LogP contribution is -1.98. The number of hydrogen-bond donors (Lipinski definition) is 1. The number of esters is 1. The van der Waals surface area contributed by atoms with E-state index in [1.165, 1.54) is 24.3 Å². The van der Waals surface area contributed by atoms with E-state index in [1.807, 2.05) is 30.3 Å². The minimum absolute atomic E-state index is 0.0391. The summed E-state index contributed by atoms with van der Waals surface area (Å²) in [6.45, 7) is 0. The molecule has 2 aromatic rings.